The predicted octanol–water partition coefficient (Wildman–Crippen LogP) is 2.58. The van der Waals surface area contributed by atoms with Crippen LogP contribution in [0.3, 0.4) is 0 Å². The standard InChI is InChI=1S/C22H20N2O3/c25-13-15-3-7-17(8-4-15)16-5-1-14(2-6-16)11-18-12-19-20(26)9-10-23-22(27)21(19)24-18/h1-8,25H,9-13H2,(H,23,27). The lowest BCUT2D eigenvalue weighted by atomic mass is 9.98. The summed E-state index contributed by atoms with van der Waals surface area (Å²) in [6, 6.07) is 16.0. The zero-order chi connectivity index (χ0) is 18.8. The summed E-state index contributed by atoms with van der Waals surface area (Å²) in [6.07, 6.45) is 1.43. The van der Waals surface area contributed by atoms with Crippen LogP contribution in [0.4, 0.5) is 0 Å². The molecule has 2 N–H and O–H groups in total. The summed E-state index contributed by atoms with van der Waals surface area (Å²) < 4.78 is 0. The van der Waals surface area contributed by atoms with Gasteiger partial charge in [-0.25, -0.2) is 0 Å². The van der Waals surface area contributed by atoms with Crippen LogP contribution < -0.4 is 5.32 Å². The Morgan fingerprint density at radius 1 is 0.926 bits per heavy atom. The first kappa shape index (κ1) is 17.4. The molecular formula is C22H20N2O3. The smallest absolute Gasteiger partial charge is 0.270 e. The molecule has 0 spiro atoms. The number of rotatable bonds is 4. The highest BCUT2D eigenvalue weighted by atomic mass is 16.3. The largest absolute Gasteiger partial charge is 0.392 e. The molecule has 2 heterocycles. The van der Waals surface area contributed by atoms with E-state index in [4.69, 9.17) is 5.11 Å². The average Bonchev–Trinajstić information content (AvgIpc) is 3.07. The number of benzene rings is 2. The average molecular weight is 360 g/mol. The molecule has 4 rings (SSSR count). The number of Topliss-reactive ketones (excluding diaryl/α,β-unsaturated/α-hetero) is 1. The number of ketones is 1. The fraction of sp³-hybridized carbons (Fsp3) is 0.227. The van der Waals surface area contributed by atoms with Gasteiger partial charge in [-0.15, -0.1) is 0 Å². The highest BCUT2D eigenvalue weighted by molar-refractivity contribution is 6.14. The van der Waals surface area contributed by atoms with Gasteiger partial charge in [-0.2, -0.15) is 0 Å². The summed E-state index contributed by atoms with van der Waals surface area (Å²) >= 11 is 0. The Bertz CT molecular complexity index is 954. The Hall–Kier alpha value is -3.05. The van der Waals surface area contributed by atoms with Crippen LogP contribution in [0.5, 0.6) is 0 Å². The summed E-state index contributed by atoms with van der Waals surface area (Å²) in [5.41, 5.74) is 5.88. The second kappa shape index (κ2) is 7.29. The van der Waals surface area contributed by atoms with Gasteiger partial charge in [0, 0.05) is 37.1 Å². The first-order valence-corrected chi connectivity index (χ1v) is 9.04. The van der Waals surface area contributed by atoms with Crippen molar-refractivity contribution in [2.75, 3.05) is 6.54 Å². The lowest BCUT2D eigenvalue weighted by Crippen LogP contribution is -2.24. The molecule has 0 aromatic heterocycles. The molecule has 0 fully saturated rings. The number of amides is 1. The third-order valence-electron chi connectivity index (χ3n) is 4.96. The molecule has 2 aliphatic heterocycles. The van der Waals surface area contributed by atoms with Crippen LogP contribution in [0.15, 0.2) is 64.8 Å². The number of hydrogen-bond donors (Lipinski definition) is 2. The van der Waals surface area contributed by atoms with Crippen molar-refractivity contribution >= 4 is 17.4 Å². The molecule has 0 atom stereocenters. The maximum absolute atomic E-state index is 12.1. The summed E-state index contributed by atoms with van der Waals surface area (Å²) in [5.74, 6) is -0.226. The molecule has 136 valence electrons. The molecule has 0 saturated heterocycles. The quantitative estimate of drug-likeness (QED) is 0.880. The zero-order valence-electron chi connectivity index (χ0n) is 14.9. The van der Waals surface area contributed by atoms with Crippen molar-refractivity contribution in [3.05, 3.63) is 70.9 Å². The SMILES string of the molecule is O=C1CCNC(=O)C2=C1CC(Cc1ccc(-c3ccc(CO)cc3)cc1)=N2. The minimum atomic E-state index is -0.243. The van der Waals surface area contributed by atoms with Gasteiger partial charge in [0.1, 0.15) is 5.70 Å². The van der Waals surface area contributed by atoms with Crippen LogP contribution in [-0.2, 0) is 22.6 Å². The van der Waals surface area contributed by atoms with E-state index < -0.39 is 0 Å². The lowest BCUT2D eigenvalue weighted by molar-refractivity contribution is -0.117. The van der Waals surface area contributed by atoms with Crippen LogP contribution in [0.25, 0.3) is 11.1 Å². The summed E-state index contributed by atoms with van der Waals surface area (Å²) in [6.45, 7) is 0.427. The molecule has 5 heteroatoms. The van der Waals surface area contributed by atoms with Gasteiger partial charge in [-0.1, -0.05) is 48.5 Å². The van der Waals surface area contributed by atoms with E-state index in [1.54, 1.807) is 0 Å². The van der Waals surface area contributed by atoms with Crippen molar-refractivity contribution in [1.29, 1.82) is 0 Å². The van der Waals surface area contributed by atoms with Crippen LogP contribution in [-0.4, -0.2) is 29.1 Å². The van der Waals surface area contributed by atoms with Crippen molar-refractivity contribution in [2.24, 2.45) is 4.99 Å². The van der Waals surface area contributed by atoms with Crippen LogP contribution in [0.1, 0.15) is 24.0 Å². The van der Waals surface area contributed by atoms with Gasteiger partial charge < -0.3 is 10.4 Å². The minimum absolute atomic E-state index is 0.0174. The van der Waals surface area contributed by atoms with E-state index in [9.17, 15) is 9.59 Å². The molecule has 0 radical (unpaired) electrons. The number of nitrogens with one attached hydrogen (secondary N) is 1. The Balaban J connectivity index is 1.48. The number of carbonyl (C=O) groups excluding carboxylic acids is 2. The number of aliphatic imine (C=N–C) groups is 1. The van der Waals surface area contributed by atoms with Crippen molar-refractivity contribution in [3.63, 3.8) is 0 Å². The Morgan fingerprint density at radius 3 is 2.19 bits per heavy atom. The highest BCUT2D eigenvalue weighted by Gasteiger charge is 2.29. The number of nitrogens with zero attached hydrogens (tertiary/aromatic N) is 1. The monoisotopic (exact) mass is 360 g/mol. The molecule has 2 aromatic carbocycles. The van der Waals surface area contributed by atoms with E-state index in [2.05, 4.69) is 22.4 Å². The number of hydrogen-bond acceptors (Lipinski definition) is 4. The van der Waals surface area contributed by atoms with Gasteiger partial charge in [0.25, 0.3) is 5.91 Å². The molecular weight excluding hydrogens is 340 g/mol. The predicted molar refractivity (Wildman–Crippen MR) is 103 cm³/mol. The normalized spacial score (nSPS) is 16.7. The van der Waals surface area contributed by atoms with E-state index in [-0.39, 0.29) is 18.3 Å². The maximum Gasteiger partial charge on any atom is 0.270 e. The Labute approximate surface area is 157 Å². The molecule has 5 nitrogen and oxygen atoms in total. The lowest BCUT2D eigenvalue weighted by Gasteiger charge is -2.06. The van der Waals surface area contributed by atoms with Crippen LogP contribution >= 0.6 is 0 Å². The van der Waals surface area contributed by atoms with Gasteiger partial charge in [-0.05, 0) is 22.3 Å². The molecule has 27 heavy (non-hydrogen) atoms. The van der Waals surface area contributed by atoms with E-state index in [1.807, 2.05) is 36.4 Å². The van der Waals surface area contributed by atoms with Crippen molar-refractivity contribution in [3.8, 4) is 11.1 Å². The molecule has 2 aliphatic rings. The molecule has 1 amide bonds. The molecule has 0 aliphatic carbocycles. The van der Waals surface area contributed by atoms with Gasteiger partial charge in [0.05, 0.1) is 6.61 Å². The van der Waals surface area contributed by atoms with Gasteiger partial charge >= 0.3 is 0 Å². The highest BCUT2D eigenvalue weighted by Crippen LogP contribution is 2.26. The third-order valence-corrected chi connectivity index (χ3v) is 4.96. The first-order chi connectivity index (χ1) is 13.1. The number of carbonyl (C=O) groups is 2. The molecule has 0 saturated carbocycles. The Morgan fingerprint density at radius 2 is 1.56 bits per heavy atom. The van der Waals surface area contributed by atoms with E-state index >= 15 is 0 Å². The maximum atomic E-state index is 12.1. The minimum Gasteiger partial charge on any atom is -0.392 e. The summed E-state index contributed by atoms with van der Waals surface area (Å²) in [4.78, 5) is 28.6. The molecule has 2 aromatic rings. The van der Waals surface area contributed by atoms with E-state index in [1.165, 1.54) is 0 Å². The van der Waals surface area contributed by atoms with Crippen molar-refractivity contribution in [2.45, 2.75) is 25.9 Å². The van der Waals surface area contributed by atoms with Crippen LogP contribution in [0, 0.1) is 0 Å². The number of allylic oxidation sites excluding steroid dienone is 1. The van der Waals surface area contributed by atoms with E-state index in [0.717, 1.165) is 28.0 Å². The summed E-state index contributed by atoms with van der Waals surface area (Å²) in [7, 11) is 0. The fourth-order valence-electron chi connectivity index (χ4n) is 3.45. The molecule has 0 unspecified atom stereocenters. The van der Waals surface area contributed by atoms with E-state index in [0.29, 0.717) is 37.1 Å². The van der Waals surface area contributed by atoms with Gasteiger partial charge in [-0.3, -0.25) is 14.6 Å². The Kier molecular flexibility index (Phi) is 4.69. The van der Waals surface area contributed by atoms with Crippen LogP contribution in [0.2, 0.25) is 0 Å². The topological polar surface area (TPSA) is 78.8 Å². The molecule has 0 bridgehead atoms. The third kappa shape index (κ3) is 3.59. The van der Waals surface area contributed by atoms with Crippen molar-refractivity contribution in [1.82, 2.24) is 5.32 Å². The zero-order valence-corrected chi connectivity index (χ0v) is 14.9. The van der Waals surface area contributed by atoms with Crippen molar-refractivity contribution < 1.29 is 14.7 Å². The number of aliphatic hydroxyl groups excluding tert-OH is 1. The van der Waals surface area contributed by atoms with Gasteiger partial charge in [0.15, 0.2) is 5.78 Å². The second-order valence-electron chi connectivity index (χ2n) is 6.84. The first-order valence-electron chi connectivity index (χ1n) is 9.04. The second-order valence-corrected chi connectivity index (χ2v) is 6.84. The van der Waals surface area contributed by atoms with Gasteiger partial charge in [0.2, 0.25) is 0 Å². The summed E-state index contributed by atoms with van der Waals surface area (Å²) in [5, 5.41) is 11.9. The fourth-order valence-corrected chi connectivity index (χ4v) is 3.45. The number of aliphatic hydroxyl groups is 1.